The lowest BCUT2D eigenvalue weighted by molar-refractivity contribution is -0.0523. The number of hydrogen-bond donors (Lipinski definition) is 0. The lowest BCUT2D eigenvalue weighted by Gasteiger charge is -2.12. The first-order valence-electron chi connectivity index (χ1n) is 3.53. The van der Waals surface area contributed by atoms with Crippen LogP contribution < -0.4 is 0 Å². The van der Waals surface area contributed by atoms with Gasteiger partial charge in [-0.2, -0.15) is 21.6 Å². The van der Waals surface area contributed by atoms with Gasteiger partial charge in [0.2, 0.25) is 0 Å². The van der Waals surface area contributed by atoms with Gasteiger partial charge in [0.1, 0.15) is 5.76 Å². The first kappa shape index (κ1) is 11.0. The normalized spacial score (nSPS) is 17.8. The highest BCUT2D eigenvalue weighted by Crippen LogP contribution is 2.27. The van der Waals surface area contributed by atoms with Crippen LogP contribution in [0, 0.1) is 0 Å². The van der Waals surface area contributed by atoms with Crippen LogP contribution in [0.5, 0.6) is 0 Å². The van der Waals surface area contributed by atoms with E-state index < -0.39 is 15.6 Å². The molecule has 1 heterocycles. The number of rotatable bonds is 2. The van der Waals surface area contributed by atoms with Crippen LogP contribution >= 0.6 is 0 Å². The minimum atomic E-state index is -5.53. The van der Waals surface area contributed by atoms with Crippen LogP contribution in [-0.4, -0.2) is 26.7 Å². The molecule has 1 rings (SSSR count). The Hall–Kier alpha value is -1.05. The number of alkyl halides is 3. The third-order valence-electron chi connectivity index (χ3n) is 1.35. The smallest absolute Gasteiger partial charge is 0.380 e. The molecule has 0 fully saturated rings. The Kier molecular flexibility index (Phi) is 2.84. The Morgan fingerprint density at radius 1 is 1.43 bits per heavy atom. The van der Waals surface area contributed by atoms with Crippen molar-refractivity contribution in [3.05, 3.63) is 11.8 Å². The van der Waals surface area contributed by atoms with Gasteiger partial charge in [-0.25, -0.2) is 0 Å². The molecular formula is C6H6F3NO3S. The van der Waals surface area contributed by atoms with Crippen LogP contribution in [0.15, 0.2) is 16.8 Å². The van der Waals surface area contributed by atoms with Crippen molar-refractivity contribution in [2.24, 2.45) is 4.99 Å². The van der Waals surface area contributed by atoms with Crippen LogP contribution in [0.25, 0.3) is 0 Å². The quantitative estimate of drug-likeness (QED) is 0.528. The Morgan fingerprint density at radius 2 is 2.07 bits per heavy atom. The van der Waals surface area contributed by atoms with E-state index >= 15 is 0 Å². The van der Waals surface area contributed by atoms with E-state index in [1.54, 1.807) is 0 Å². The predicted molar refractivity (Wildman–Crippen MR) is 42.1 cm³/mol. The number of aliphatic imine (C=N–C) groups is 1. The molecule has 0 amide bonds. The molecule has 80 valence electrons. The fourth-order valence-corrected chi connectivity index (χ4v) is 1.24. The predicted octanol–water partition coefficient (Wildman–Crippen LogP) is 1.21. The SMILES string of the molecule is O=S(=O)(OC1=CC=NCC1)C(F)(F)F. The van der Waals surface area contributed by atoms with Crippen molar-refractivity contribution in [2.45, 2.75) is 11.9 Å². The highest BCUT2D eigenvalue weighted by molar-refractivity contribution is 7.87. The molecule has 0 aromatic heterocycles. The third kappa shape index (κ3) is 2.47. The molecule has 0 spiro atoms. The number of nitrogens with zero attached hydrogens (tertiary/aromatic N) is 1. The van der Waals surface area contributed by atoms with Gasteiger partial charge in [-0.05, 0) is 6.08 Å². The van der Waals surface area contributed by atoms with E-state index in [0.717, 1.165) is 6.08 Å². The van der Waals surface area contributed by atoms with Crippen molar-refractivity contribution in [1.29, 1.82) is 0 Å². The Morgan fingerprint density at radius 3 is 2.50 bits per heavy atom. The van der Waals surface area contributed by atoms with Crippen molar-refractivity contribution in [3.63, 3.8) is 0 Å². The van der Waals surface area contributed by atoms with E-state index in [1.807, 2.05) is 0 Å². The Balaban J connectivity index is 2.79. The van der Waals surface area contributed by atoms with E-state index in [9.17, 15) is 21.6 Å². The standard InChI is InChI=1S/C6H6F3NO3S/c7-6(8,9)14(11,12)13-5-1-3-10-4-2-5/h1,3H,2,4H2. The van der Waals surface area contributed by atoms with Gasteiger partial charge in [0.05, 0.1) is 0 Å². The van der Waals surface area contributed by atoms with Crippen LogP contribution in [0.1, 0.15) is 6.42 Å². The van der Waals surface area contributed by atoms with Gasteiger partial charge in [0.15, 0.2) is 0 Å². The van der Waals surface area contributed by atoms with Gasteiger partial charge in [-0.15, -0.1) is 0 Å². The van der Waals surface area contributed by atoms with Crippen molar-refractivity contribution < 1.29 is 25.8 Å². The number of halogens is 3. The molecule has 0 bridgehead atoms. The summed E-state index contributed by atoms with van der Waals surface area (Å²) in [5.74, 6) is -0.252. The molecule has 0 aliphatic carbocycles. The van der Waals surface area contributed by atoms with E-state index in [2.05, 4.69) is 9.18 Å². The largest absolute Gasteiger partial charge is 0.534 e. The zero-order valence-electron chi connectivity index (χ0n) is 6.78. The van der Waals surface area contributed by atoms with Crippen LogP contribution in [0.4, 0.5) is 13.2 Å². The number of allylic oxidation sites excluding steroid dienone is 1. The van der Waals surface area contributed by atoms with E-state index in [1.165, 1.54) is 6.21 Å². The van der Waals surface area contributed by atoms with Gasteiger partial charge in [-0.3, -0.25) is 4.99 Å². The van der Waals surface area contributed by atoms with Crippen LogP contribution in [0.2, 0.25) is 0 Å². The summed E-state index contributed by atoms with van der Waals surface area (Å²) in [6.07, 6.45) is 2.34. The van der Waals surface area contributed by atoms with Crippen molar-refractivity contribution in [2.75, 3.05) is 6.54 Å². The fourth-order valence-electron chi connectivity index (χ4n) is 0.726. The van der Waals surface area contributed by atoms with Crippen LogP contribution in [-0.2, 0) is 14.3 Å². The van der Waals surface area contributed by atoms with Gasteiger partial charge >= 0.3 is 15.6 Å². The lowest BCUT2D eigenvalue weighted by Crippen LogP contribution is -2.25. The van der Waals surface area contributed by atoms with Gasteiger partial charge in [-0.1, -0.05) is 0 Å². The second-order valence-corrected chi connectivity index (χ2v) is 3.96. The molecule has 4 nitrogen and oxygen atoms in total. The molecule has 0 aromatic carbocycles. The molecule has 0 N–H and O–H groups in total. The van der Waals surface area contributed by atoms with Crippen molar-refractivity contribution in [3.8, 4) is 0 Å². The Labute approximate surface area is 78.2 Å². The monoisotopic (exact) mass is 229 g/mol. The van der Waals surface area contributed by atoms with Gasteiger partial charge in [0, 0.05) is 19.2 Å². The molecule has 0 saturated carbocycles. The maximum Gasteiger partial charge on any atom is 0.534 e. The molecule has 14 heavy (non-hydrogen) atoms. The minimum Gasteiger partial charge on any atom is -0.380 e. The summed E-state index contributed by atoms with van der Waals surface area (Å²) in [5, 5.41) is 0. The van der Waals surface area contributed by atoms with E-state index in [-0.39, 0.29) is 18.7 Å². The molecule has 0 radical (unpaired) electrons. The highest BCUT2D eigenvalue weighted by atomic mass is 32.2. The molecular weight excluding hydrogens is 223 g/mol. The van der Waals surface area contributed by atoms with Crippen LogP contribution in [0.3, 0.4) is 0 Å². The van der Waals surface area contributed by atoms with E-state index in [4.69, 9.17) is 0 Å². The van der Waals surface area contributed by atoms with E-state index in [0.29, 0.717) is 0 Å². The minimum absolute atomic E-state index is 0.0474. The fraction of sp³-hybridized carbons (Fsp3) is 0.500. The highest BCUT2D eigenvalue weighted by Gasteiger charge is 2.48. The molecule has 0 unspecified atom stereocenters. The first-order valence-corrected chi connectivity index (χ1v) is 4.93. The third-order valence-corrected chi connectivity index (χ3v) is 2.35. The molecule has 1 aliphatic rings. The molecule has 1 aliphatic heterocycles. The van der Waals surface area contributed by atoms with Gasteiger partial charge in [0.25, 0.3) is 0 Å². The van der Waals surface area contributed by atoms with Crippen molar-refractivity contribution >= 4 is 16.3 Å². The maximum atomic E-state index is 11.8. The second-order valence-electron chi connectivity index (χ2n) is 2.42. The number of dihydropyridines is 1. The molecule has 0 aromatic rings. The van der Waals surface area contributed by atoms with Crippen molar-refractivity contribution in [1.82, 2.24) is 0 Å². The second kappa shape index (κ2) is 3.60. The maximum absolute atomic E-state index is 11.8. The molecule has 0 saturated heterocycles. The summed E-state index contributed by atoms with van der Waals surface area (Å²) in [6, 6.07) is 0. The lowest BCUT2D eigenvalue weighted by atomic mass is 10.3. The summed E-state index contributed by atoms with van der Waals surface area (Å²) in [5.41, 5.74) is -5.39. The average Bonchev–Trinajstić information content (AvgIpc) is 2.03. The summed E-state index contributed by atoms with van der Waals surface area (Å²) < 4.78 is 60.3. The zero-order valence-corrected chi connectivity index (χ0v) is 7.60. The molecule has 8 heteroatoms. The first-order chi connectivity index (χ1) is 6.33. The average molecular weight is 229 g/mol. The summed E-state index contributed by atoms with van der Waals surface area (Å²) in [7, 11) is -5.53. The summed E-state index contributed by atoms with van der Waals surface area (Å²) >= 11 is 0. The topological polar surface area (TPSA) is 55.7 Å². The number of hydrogen-bond acceptors (Lipinski definition) is 4. The molecule has 0 atom stereocenters. The summed E-state index contributed by atoms with van der Waals surface area (Å²) in [4.78, 5) is 3.66. The van der Waals surface area contributed by atoms with Gasteiger partial charge < -0.3 is 4.18 Å². The zero-order chi connectivity index (χ0) is 10.8. The summed E-state index contributed by atoms with van der Waals surface area (Å²) in [6.45, 7) is 0.221. The Bertz CT molecular complexity index is 368.